The summed E-state index contributed by atoms with van der Waals surface area (Å²) in [5, 5.41) is 0. The summed E-state index contributed by atoms with van der Waals surface area (Å²) in [6.45, 7) is 9.13. The van der Waals surface area contributed by atoms with Crippen molar-refractivity contribution in [3.05, 3.63) is 75.8 Å². The Morgan fingerprint density at radius 3 is 2.34 bits per heavy atom. The van der Waals surface area contributed by atoms with Gasteiger partial charge in [0, 0.05) is 0 Å². The largest absolute Gasteiger partial charge is 0.493 e. The van der Waals surface area contributed by atoms with Gasteiger partial charge in [0.15, 0.2) is 0 Å². The van der Waals surface area contributed by atoms with Crippen LogP contribution in [0.15, 0.2) is 53.5 Å². The van der Waals surface area contributed by atoms with E-state index in [4.69, 9.17) is 37.5 Å². The molecule has 2 aromatic carbocycles. The van der Waals surface area contributed by atoms with Gasteiger partial charge in [-0.25, -0.2) is 0 Å². The van der Waals surface area contributed by atoms with Gasteiger partial charge in [0.05, 0.1) is 24.5 Å². The predicted molar refractivity (Wildman–Crippen MR) is 135 cm³/mol. The maximum atomic E-state index is 12.6. The van der Waals surface area contributed by atoms with Crippen LogP contribution in [0.1, 0.15) is 48.4 Å². The normalized spacial score (nSPS) is 11.2. The van der Waals surface area contributed by atoms with Crippen molar-refractivity contribution in [3.63, 3.8) is 0 Å². The van der Waals surface area contributed by atoms with E-state index in [9.17, 15) is 13.2 Å². The molecule has 0 aromatic heterocycles. The maximum absolute atomic E-state index is 12.6. The molecule has 0 spiro atoms. The van der Waals surface area contributed by atoms with Gasteiger partial charge in [0.1, 0.15) is 22.6 Å². The first-order valence-electron chi connectivity index (χ1n) is 11.3. The molecule has 0 radical (unpaired) electrons. The zero-order valence-corrected chi connectivity index (χ0v) is 21.3. The Bertz CT molecular complexity index is 989. The van der Waals surface area contributed by atoms with Gasteiger partial charge in [-0.2, -0.15) is 13.2 Å². The van der Waals surface area contributed by atoms with Crippen LogP contribution in [0.4, 0.5) is 13.2 Å². The maximum Gasteiger partial charge on any atom is 0.416 e. The second-order valence-corrected chi connectivity index (χ2v) is 8.81. The summed E-state index contributed by atoms with van der Waals surface area (Å²) >= 11 is 11.2. The number of ether oxygens (including phenoxy) is 2. The number of aryl methyl sites for hydroxylation is 2. The van der Waals surface area contributed by atoms with Crippen LogP contribution < -0.4 is 15.0 Å². The lowest BCUT2D eigenvalue weighted by molar-refractivity contribution is -0.137. The molecule has 0 saturated carbocycles. The van der Waals surface area contributed by atoms with Crippen molar-refractivity contribution in [2.45, 2.75) is 45.7 Å². The molecule has 4 nitrogen and oxygen atoms in total. The molecule has 0 aliphatic carbocycles. The fourth-order valence-corrected chi connectivity index (χ4v) is 3.38. The second-order valence-electron chi connectivity index (χ2n) is 7.80. The molecule has 35 heavy (non-hydrogen) atoms. The highest BCUT2D eigenvalue weighted by Crippen LogP contribution is 2.31. The minimum absolute atomic E-state index is 0.169. The lowest BCUT2D eigenvalue weighted by Crippen LogP contribution is -2.14. The zero-order valence-electron chi connectivity index (χ0n) is 19.8. The van der Waals surface area contributed by atoms with Crippen molar-refractivity contribution in [1.29, 1.82) is 0 Å². The number of unbranched alkanes of at least 4 members (excludes halogenated alkanes) is 2. The minimum atomic E-state index is -4.36. The first kappa shape index (κ1) is 28.9. The quantitative estimate of drug-likeness (QED) is 0.198. The van der Waals surface area contributed by atoms with Crippen LogP contribution in [0.3, 0.4) is 0 Å². The number of hydrogen-bond donors (Lipinski definition) is 1. The topological polar surface area (TPSA) is 39.7 Å². The van der Waals surface area contributed by atoms with E-state index in [0.717, 1.165) is 60.4 Å². The van der Waals surface area contributed by atoms with Crippen molar-refractivity contribution in [2.24, 2.45) is 0 Å². The SMILES string of the molecule is C=C(NOCCCCCOc1c(C)cc(OCC=C(Cl)Cl)cc1CC)c1ccc(C(F)(F)F)cc1. The fourth-order valence-electron chi connectivity index (χ4n) is 3.25. The molecule has 2 rings (SSSR count). The molecule has 1 N–H and O–H groups in total. The zero-order chi connectivity index (χ0) is 25.8. The average molecular weight is 532 g/mol. The van der Waals surface area contributed by atoms with Crippen molar-refractivity contribution in [2.75, 3.05) is 19.8 Å². The summed E-state index contributed by atoms with van der Waals surface area (Å²) in [4.78, 5) is 5.38. The summed E-state index contributed by atoms with van der Waals surface area (Å²) < 4.78 is 49.8. The molecule has 9 heteroatoms. The second kappa shape index (κ2) is 14.3. The predicted octanol–water partition coefficient (Wildman–Crippen LogP) is 8.02. The van der Waals surface area contributed by atoms with Gasteiger partial charge in [-0.3, -0.25) is 10.3 Å². The van der Waals surface area contributed by atoms with Crippen LogP contribution in [0.25, 0.3) is 5.70 Å². The van der Waals surface area contributed by atoms with E-state index in [1.807, 2.05) is 19.1 Å². The molecule has 192 valence electrons. The number of nitrogens with one attached hydrogen (secondary N) is 1. The first-order chi connectivity index (χ1) is 16.6. The first-order valence-corrected chi connectivity index (χ1v) is 12.0. The van der Waals surface area contributed by atoms with Gasteiger partial charge in [0.25, 0.3) is 0 Å². The van der Waals surface area contributed by atoms with Gasteiger partial charge >= 0.3 is 6.18 Å². The smallest absolute Gasteiger partial charge is 0.416 e. The Labute approximate surface area is 214 Å². The van der Waals surface area contributed by atoms with Crippen molar-refractivity contribution >= 4 is 28.9 Å². The Morgan fingerprint density at radius 1 is 1.03 bits per heavy atom. The Morgan fingerprint density at radius 2 is 1.71 bits per heavy atom. The standard InChI is InChI=1S/C26H30Cl2F3NO3/c1-4-20-17-23(33-15-12-24(27)28)16-18(2)25(20)34-13-6-5-7-14-35-32-19(3)21-8-10-22(11-9-21)26(29,30)31/h8-12,16-17,32H,3-7,13-15H2,1-2H3. The molecule has 0 bridgehead atoms. The van der Waals surface area contributed by atoms with Crippen LogP contribution in [-0.4, -0.2) is 19.8 Å². The highest BCUT2D eigenvalue weighted by Gasteiger charge is 2.30. The number of hydrogen-bond acceptors (Lipinski definition) is 4. The molecular formula is C26H30Cl2F3NO3. The molecular weight excluding hydrogens is 502 g/mol. The summed E-state index contributed by atoms with van der Waals surface area (Å²) in [7, 11) is 0. The van der Waals surface area contributed by atoms with E-state index in [1.54, 1.807) is 6.08 Å². The number of hydroxylamine groups is 1. The van der Waals surface area contributed by atoms with Crippen LogP contribution in [0.5, 0.6) is 11.5 Å². The van der Waals surface area contributed by atoms with Crippen molar-refractivity contribution in [3.8, 4) is 11.5 Å². The van der Waals surface area contributed by atoms with Gasteiger partial charge in [0.2, 0.25) is 0 Å². The van der Waals surface area contributed by atoms with Crippen LogP contribution >= 0.6 is 23.2 Å². The number of halogens is 5. The Hall–Kier alpha value is -2.35. The minimum Gasteiger partial charge on any atom is -0.493 e. The fraction of sp³-hybridized carbons (Fsp3) is 0.385. The number of benzene rings is 2. The summed E-state index contributed by atoms with van der Waals surface area (Å²) in [5.41, 5.74) is 4.98. The Kier molecular flexibility index (Phi) is 11.8. The molecule has 0 heterocycles. The van der Waals surface area contributed by atoms with E-state index in [2.05, 4.69) is 19.0 Å². The van der Waals surface area contributed by atoms with Crippen LogP contribution in [-0.2, 0) is 17.4 Å². The van der Waals surface area contributed by atoms with E-state index in [0.29, 0.717) is 31.1 Å². The number of rotatable bonds is 14. The van der Waals surface area contributed by atoms with E-state index < -0.39 is 11.7 Å². The summed E-state index contributed by atoms with van der Waals surface area (Å²) in [6.07, 6.45) is 0.560. The third-order valence-electron chi connectivity index (χ3n) is 5.09. The van der Waals surface area contributed by atoms with Gasteiger partial charge < -0.3 is 9.47 Å². The van der Waals surface area contributed by atoms with Gasteiger partial charge in [-0.15, -0.1) is 0 Å². The summed E-state index contributed by atoms with van der Waals surface area (Å²) in [5.74, 6) is 1.61. The van der Waals surface area contributed by atoms with Gasteiger partial charge in [-0.1, -0.05) is 48.8 Å². The van der Waals surface area contributed by atoms with Gasteiger partial charge in [-0.05, 0) is 79.6 Å². The van der Waals surface area contributed by atoms with E-state index in [1.165, 1.54) is 12.1 Å². The molecule has 0 aliphatic heterocycles. The van der Waals surface area contributed by atoms with Crippen LogP contribution in [0, 0.1) is 6.92 Å². The lowest BCUT2D eigenvalue weighted by atomic mass is 10.1. The molecule has 0 fully saturated rings. The molecule has 0 atom stereocenters. The van der Waals surface area contributed by atoms with Crippen molar-refractivity contribution in [1.82, 2.24) is 5.48 Å². The lowest BCUT2D eigenvalue weighted by Gasteiger charge is -2.16. The van der Waals surface area contributed by atoms with E-state index >= 15 is 0 Å². The third-order valence-corrected chi connectivity index (χ3v) is 5.40. The highest BCUT2D eigenvalue weighted by molar-refractivity contribution is 6.55. The highest BCUT2D eigenvalue weighted by atomic mass is 35.5. The molecule has 0 saturated heterocycles. The van der Waals surface area contributed by atoms with E-state index in [-0.39, 0.29) is 4.49 Å². The molecule has 2 aromatic rings. The Balaban J connectivity index is 1.67. The third kappa shape index (κ3) is 10.0. The molecule has 0 unspecified atom stereocenters. The van der Waals surface area contributed by atoms with Crippen molar-refractivity contribution < 1.29 is 27.5 Å². The van der Waals surface area contributed by atoms with Crippen LogP contribution in [0.2, 0.25) is 0 Å². The summed E-state index contributed by atoms with van der Waals surface area (Å²) in [6, 6.07) is 8.63. The number of alkyl halides is 3. The monoisotopic (exact) mass is 531 g/mol. The molecule has 0 aliphatic rings. The average Bonchev–Trinajstić information content (AvgIpc) is 2.80. The molecule has 0 amide bonds.